The van der Waals surface area contributed by atoms with Crippen LogP contribution in [0.3, 0.4) is 0 Å². The zero-order valence-electron chi connectivity index (χ0n) is 10.2. The number of nitrogens with two attached hydrogens (primary N) is 1. The van der Waals surface area contributed by atoms with Gasteiger partial charge in [0.2, 0.25) is 0 Å². The Morgan fingerprint density at radius 3 is 2.67 bits per heavy atom. The molecule has 4 heteroatoms. The fourth-order valence-corrected chi connectivity index (χ4v) is 1.90. The maximum absolute atomic E-state index is 11.1. The molecule has 0 amide bonds. The Balaban J connectivity index is 0.00000162. The summed E-state index contributed by atoms with van der Waals surface area (Å²) in [6.07, 6.45) is 0.975. The zero-order chi connectivity index (χ0) is 12.3. The molecule has 0 spiro atoms. The van der Waals surface area contributed by atoms with Gasteiger partial charge in [0, 0.05) is 17.5 Å². The van der Waals surface area contributed by atoms with Crippen LogP contribution in [0.5, 0.6) is 0 Å². The number of rotatable bonds is 3. The Morgan fingerprint density at radius 2 is 1.94 bits per heavy atom. The summed E-state index contributed by atoms with van der Waals surface area (Å²) in [6.45, 7) is 0. The van der Waals surface area contributed by atoms with Gasteiger partial charge in [-0.05, 0) is 17.4 Å². The maximum Gasteiger partial charge on any atom is 0.305 e. The van der Waals surface area contributed by atoms with Gasteiger partial charge >= 0.3 is 5.97 Å². The summed E-state index contributed by atoms with van der Waals surface area (Å²) in [6, 6.07) is 12.0. The number of ether oxygens (including phenoxy) is 1. The second kappa shape index (κ2) is 6.26. The lowest BCUT2D eigenvalue weighted by Crippen LogP contribution is -2.03. The van der Waals surface area contributed by atoms with Gasteiger partial charge in [-0.3, -0.25) is 4.79 Å². The first-order chi connectivity index (χ1) is 8.22. The highest BCUT2D eigenvalue weighted by atomic mass is 35.5. The first-order valence-corrected chi connectivity index (χ1v) is 5.55. The first kappa shape index (κ1) is 14.3. The van der Waals surface area contributed by atoms with E-state index in [1.165, 1.54) is 7.11 Å². The number of carbonyl (C=O) groups is 1. The zero-order valence-corrected chi connectivity index (χ0v) is 11.0. The summed E-state index contributed by atoms with van der Waals surface area (Å²) in [5, 5.41) is 2.15. The molecule has 0 heterocycles. The number of aryl methyl sites for hydroxylation is 1. The van der Waals surface area contributed by atoms with Crippen LogP contribution in [0.15, 0.2) is 36.4 Å². The minimum absolute atomic E-state index is 0. The van der Waals surface area contributed by atoms with Crippen LogP contribution in [-0.2, 0) is 16.0 Å². The molecule has 0 saturated carbocycles. The Bertz CT molecular complexity index is 554. The molecule has 2 aromatic rings. The molecule has 2 rings (SSSR count). The molecule has 0 aliphatic rings. The van der Waals surface area contributed by atoms with Crippen LogP contribution in [-0.4, -0.2) is 13.1 Å². The second-order valence-electron chi connectivity index (χ2n) is 3.94. The van der Waals surface area contributed by atoms with Crippen molar-refractivity contribution in [2.45, 2.75) is 12.8 Å². The number of anilines is 1. The van der Waals surface area contributed by atoms with E-state index in [4.69, 9.17) is 5.73 Å². The summed E-state index contributed by atoms with van der Waals surface area (Å²) in [4.78, 5) is 11.1. The van der Waals surface area contributed by atoms with Crippen molar-refractivity contribution < 1.29 is 9.53 Å². The SMILES string of the molecule is COC(=O)CCc1ccc2ccccc2c1N.Cl. The third kappa shape index (κ3) is 2.93. The number of halogens is 1. The molecule has 0 aliphatic heterocycles. The van der Waals surface area contributed by atoms with Gasteiger partial charge in [-0.2, -0.15) is 0 Å². The number of hydrogen-bond donors (Lipinski definition) is 1. The highest BCUT2D eigenvalue weighted by Crippen LogP contribution is 2.25. The molecule has 18 heavy (non-hydrogen) atoms. The lowest BCUT2D eigenvalue weighted by atomic mass is 10.0. The van der Waals surface area contributed by atoms with Gasteiger partial charge in [0.15, 0.2) is 0 Å². The average Bonchev–Trinajstić information content (AvgIpc) is 2.38. The normalized spacial score (nSPS) is 9.83. The number of esters is 1. The molecule has 0 atom stereocenters. The number of carbonyl (C=O) groups excluding carboxylic acids is 1. The van der Waals surface area contributed by atoms with Crippen LogP contribution >= 0.6 is 12.4 Å². The van der Waals surface area contributed by atoms with Crippen molar-refractivity contribution in [2.24, 2.45) is 0 Å². The van der Waals surface area contributed by atoms with Crippen molar-refractivity contribution in [2.75, 3.05) is 12.8 Å². The van der Waals surface area contributed by atoms with Crippen molar-refractivity contribution >= 4 is 34.8 Å². The Labute approximate surface area is 112 Å². The van der Waals surface area contributed by atoms with Crippen molar-refractivity contribution in [1.82, 2.24) is 0 Å². The van der Waals surface area contributed by atoms with E-state index in [0.717, 1.165) is 22.0 Å². The standard InChI is InChI=1S/C14H15NO2.ClH/c1-17-13(16)9-8-11-7-6-10-4-2-3-5-12(10)14(11)15;/h2-7H,8-9,15H2,1H3;1H. The van der Waals surface area contributed by atoms with Crippen molar-refractivity contribution in [1.29, 1.82) is 0 Å². The van der Waals surface area contributed by atoms with Crippen LogP contribution < -0.4 is 5.73 Å². The average molecular weight is 266 g/mol. The van der Waals surface area contributed by atoms with Gasteiger partial charge < -0.3 is 10.5 Å². The van der Waals surface area contributed by atoms with Gasteiger partial charge in [0.05, 0.1) is 7.11 Å². The number of hydrogen-bond acceptors (Lipinski definition) is 3. The molecule has 0 saturated heterocycles. The Morgan fingerprint density at radius 1 is 1.22 bits per heavy atom. The van der Waals surface area contributed by atoms with Gasteiger partial charge in [-0.25, -0.2) is 0 Å². The van der Waals surface area contributed by atoms with Crippen LogP contribution in [0.4, 0.5) is 5.69 Å². The molecule has 0 unspecified atom stereocenters. The predicted octanol–water partition coefficient (Wildman–Crippen LogP) is 2.95. The summed E-state index contributed by atoms with van der Waals surface area (Å²) in [5.74, 6) is -0.211. The molecular formula is C14H16ClNO2. The van der Waals surface area contributed by atoms with E-state index in [2.05, 4.69) is 4.74 Å². The summed E-state index contributed by atoms with van der Waals surface area (Å²) < 4.78 is 4.62. The molecular weight excluding hydrogens is 250 g/mol. The fraction of sp³-hybridized carbons (Fsp3) is 0.214. The second-order valence-corrected chi connectivity index (χ2v) is 3.94. The fourth-order valence-electron chi connectivity index (χ4n) is 1.90. The molecule has 2 aromatic carbocycles. The first-order valence-electron chi connectivity index (χ1n) is 5.55. The minimum atomic E-state index is -0.211. The third-order valence-electron chi connectivity index (χ3n) is 2.89. The number of nitrogen functional groups attached to an aromatic ring is 1. The van der Waals surface area contributed by atoms with E-state index < -0.39 is 0 Å². The number of methoxy groups -OCH3 is 1. The Hall–Kier alpha value is -1.74. The number of benzene rings is 2. The summed E-state index contributed by atoms with van der Waals surface area (Å²) in [7, 11) is 1.39. The molecule has 0 aliphatic carbocycles. The third-order valence-corrected chi connectivity index (χ3v) is 2.89. The van der Waals surface area contributed by atoms with Crippen LogP contribution in [0.25, 0.3) is 10.8 Å². The quantitative estimate of drug-likeness (QED) is 0.686. The van der Waals surface area contributed by atoms with E-state index in [1.54, 1.807) is 0 Å². The van der Waals surface area contributed by atoms with Crippen LogP contribution in [0.2, 0.25) is 0 Å². The van der Waals surface area contributed by atoms with Gasteiger partial charge in [0.1, 0.15) is 0 Å². The van der Waals surface area contributed by atoms with Crippen LogP contribution in [0.1, 0.15) is 12.0 Å². The summed E-state index contributed by atoms with van der Waals surface area (Å²) >= 11 is 0. The van der Waals surface area contributed by atoms with E-state index >= 15 is 0 Å². The van der Waals surface area contributed by atoms with Crippen LogP contribution in [0, 0.1) is 0 Å². The van der Waals surface area contributed by atoms with Gasteiger partial charge in [-0.15, -0.1) is 12.4 Å². The smallest absolute Gasteiger partial charge is 0.305 e. The van der Waals surface area contributed by atoms with Gasteiger partial charge in [0.25, 0.3) is 0 Å². The molecule has 2 N–H and O–H groups in total. The van der Waals surface area contributed by atoms with Gasteiger partial charge in [-0.1, -0.05) is 36.4 Å². The predicted molar refractivity (Wildman–Crippen MR) is 75.9 cm³/mol. The molecule has 0 radical (unpaired) electrons. The highest BCUT2D eigenvalue weighted by Gasteiger charge is 2.06. The van der Waals surface area contributed by atoms with E-state index in [-0.39, 0.29) is 18.4 Å². The Kier molecular flexibility index (Phi) is 4.98. The molecule has 0 aromatic heterocycles. The topological polar surface area (TPSA) is 52.3 Å². The molecule has 3 nitrogen and oxygen atoms in total. The largest absolute Gasteiger partial charge is 0.469 e. The monoisotopic (exact) mass is 265 g/mol. The van der Waals surface area contributed by atoms with E-state index in [9.17, 15) is 4.79 Å². The molecule has 0 bridgehead atoms. The number of fused-ring (bicyclic) bond motifs is 1. The van der Waals surface area contributed by atoms with E-state index in [1.807, 2.05) is 36.4 Å². The minimum Gasteiger partial charge on any atom is -0.469 e. The lowest BCUT2D eigenvalue weighted by molar-refractivity contribution is -0.140. The highest BCUT2D eigenvalue weighted by molar-refractivity contribution is 5.94. The van der Waals surface area contributed by atoms with E-state index in [0.29, 0.717) is 12.8 Å². The molecule has 96 valence electrons. The van der Waals surface area contributed by atoms with Crippen molar-refractivity contribution in [3.8, 4) is 0 Å². The van der Waals surface area contributed by atoms with Crippen molar-refractivity contribution in [3.63, 3.8) is 0 Å². The molecule has 0 fully saturated rings. The summed E-state index contributed by atoms with van der Waals surface area (Å²) in [5.41, 5.74) is 7.85. The maximum atomic E-state index is 11.1. The lowest BCUT2D eigenvalue weighted by Gasteiger charge is -2.08. The van der Waals surface area contributed by atoms with Crippen molar-refractivity contribution in [3.05, 3.63) is 42.0 Å².